The molecule has 18 heavy (non-hydrogen) atoms. The number of nitrogens with two attached hydrogens (primary N) is 1. The molecule has 0 bridgehead atoms. The highest BCUT2D eigenvalue weighted by Gasteiger charge is 2.32. The Bertz CT molecular complexity index is 425. The summed E-state index contributed by atoms with van der Waals surface area (Å²) >= 11 is 0. The van der Waals surface area contributed by atoms with Gasteiger partial charge in [-0.3, -0.25) is 4.79 Å². The van der Waals surface area contributed by atoms with Gasteiger partial charge in [-0.1, -0.05) is 19.8 Å². The molecule has 1 heterocycles. The molecular formula is C14H21N3O. The van der Waals surface area contributed by atoms with E-state index in [2.05, 4.69) is 17.2 Å². The lowest BCUT2D eigenvalue weighted by atomic mass is 9.83. The highest BCUT2D eigenvalue weighted by molar-refractivity contribution is 5.94. The van der Waals surface area contributed by atoms with Crippen molar-refractivity contribution in [2.24, 2.45) is 5.41 Å². The van der Waals surface area contributed by atoms with E-state index < -0.39 is 0 Å². The largest absolute Gasteiger partial charge is 0.384 e. The number of nitrogen functional groups attached to an aromatic ring is 1. The standard InChI is InChI=1S/C14H21N3O/c1-2-14(6-3-4-7-14)10-17-13(18)11-5-8-16-12(15)9-11/h5,8-9H,2-4,6-7,10H2,1H3,(H2,15,16)(H,17,18). The van der Waals surface area contributed by atoms with Crippen LogP contribution in [0.15, 0.2) is 18.3 Å². The summed E-state index contributed by atoms with van der Waals surface area (Å²) in [7, 11) is 0. The van der Waals surface area contributed by atoms with Crippen LogP contribution in [0.3, 0.4) is 0 Å². The van der Waals surface area contributed by atoms with Crippen molar-refractivity contribution in [2.45, 2.75) is 39.0 Å². The van der Waals surface area contributed by atoms with Crippen molar-refractivity contribution in [1.82, 2.24) is 10.3 Å². The molecule has 4 heteroatoms. The summed E-state index contributed by atoms with van der Waals surface area (Å²) in [4.78, 5) is 15.9. The molecule has 98 valence electrons. The molecule has 0 atom stereocenters. The number of pyridine rings is 1. The molecule has 1 amide bonds. The van der Waals surface area contributed by atoms with Crippen molar-refractivity contribution in [1.29, 1.82) is 0 Å². The van der Waals surface area contributed by atoms with Gasteiger partial charge in [0.2, 0.25) is 0 Å². The minimum absolute atomic E-state index is 0.0520. The highest BCUT2D eigenvalue weighted by atomic mass is 16.1. The number of amides is 1. The SMILES string of the molecule is CCC1(CNC(=O)c2ccnc(N)c2)CCCC1. The van der Waals surface area contributed by atoms with Gasteiger partial charge in [-0.05, 0) is 36.8 Å². The summed E-state index contributed by atoms with van der Waals surface area (Å²) in [5.41, 5.74) is 6.48. The third-order valence-corrected chi connectivity index (χ3v) is 4.08. The molecule has 0 aliphatic heterocycles. The lowest BCUT2D eigenvalue weighted by Crippen LogP contribution is -2.35. The van der Waals surface area contributed by atoms with E-state index >= 15 is 0 Å². The smallest absolute Gasteiger partial charge is 0.251 e. The Labute approximate surface area is 108 Å². The minimum atomic E-state index is -0.0520. The van der Waals surface area contributed by atoms with Gasteiger partial charge in [0.25, 0.3) is 5.91 Å². The molecule has 0 spiro atoms. The number of carbonyl (C=O) groups excluding carboxylic acids is 1. The van der Waals surface area contributed by atoms with Crippen LogP contribution in [0.2, 0.25) is 0 Å². The second-order valence-electron chi connectivity index (χ2n) is 5.21. The second kappa shape index (κ2) is 5.38. The number of nitrogens with one attached hydrogen (secondary N) is 1. The van der Waals surface area contributed by atoms with Crippen molar-refractivity contribution < 1.29 is 4.79 Å². The van der Waals surface area contributed by atoms with Crippen molar-refractivity contribution in [3.8, 4) is 0 Å². The normalized spacial score (nSPS) is 17.6. The Morgan fingerprint density at radius 2 is 2.22 bits per heavy atom. The minimum Gasteiger partial charge on any atom is -0.384 e. The lowest BCUT2D eigenvalue weighted by molar-refractivity contribution is 0.0928. The predicted octanol–water partition coefficient (Wildman–Crippen LogP) is 2.36. The first-order chi connectivity index (χ1) is 8.65. The van der Waals surface area contributed by atoms with Gasteiger partial charge in [0.1, 0.15) is 5.82 Å². The van der Waals surface area contributed by atoms with Gasteiger partial charge in [-0.15, -0.1) is 0 Å². The second-order valence-corrected chi connectivity index (χ2v) is 5.21. The van der Waals surface area contributed by atoms with Crippen LogP contribution in [0.25, 0.3) is 0 Å². The van der Waals surface area contributed by atoms with E-state index in [-0.39, 0.29) is 5.91 Å². The first-order valence-corrected chi connectivity index (χ1v) is 6.65. The third-order valence-electron chi connectivity index (χ3n) is 4.08. The molecule has 1 aromatic rings. The lowest BCUT2D eigenvalue weighted by Gasteiger charge is -2.27. The van der Waals surface area contributed by atoms with E-state index in [9.17, 15) is 4.79 Å². The van der Waals surface area contributed by atoms with Crippen LogP contribution in [0.5, 0.6) is 0 Å². The molecule has 0 saturated heterocycles. The number of anilines is 1. The molecule has 2 rings (SSSR count). The quantitative estimate of drug-likeness (QED) is 0.858. The van der Waals surface area contributed by atoms with E-state index in [1.165, 1.54) is 25.7 Å². The first-order valence-electron chi connectivity index (χ1n) is 6.65. The zero-order valence-electron chi connectivity index (χ0n) is 10.9. The van der Waals surface area contributed by atoms with Gasteiger partial charge in [0.15, 0.2) is 0 Å². The summed E-state index contributed by atoms with van der Waals surface area (Å²) in [5, 5.41) is 3.04. The van der Waals surface area contributed by atoms with E-state index in [1.54, 1.807) is 18.3 Å². The van der Waals surface area contributed by atoms with Crippen LogP contribution >= 0.6 is 0 Å². The number of rotatable bonds is 4. The van der Waals surface area contributed by atoms with E-state index in [1.807, 2.05) is 0 Å². The third kappa shape index (κ3) is 2.81. The average Bonchev–Trinajstić information content (AvgIpc) is 2.85. The molecular weight excluding hydrogens is 226 g/mol. The highest BCUT2D eigenvalue weighted by Crippen LogP contribution is 2.40. The van der Waals surface area contributed by atoms with Crippen molar-refractivity contribution in [3.63, 3.8) is 0 Å². The molecule has 1 aliphatic carbocycles. The molecule has 0 aromatic carbocycles. The summed E-state index contributed by atoms with van der Waals surface area (Å²) < 4.78 is 0. The Morgan fingerprint density at radius 3 is 2.83 bits per heavy atom. The van der Waals surface area contributed by atoms with Crippen LogP contribution in [0, 0.1) is 5.41 Å². The first kappa shape index (κ1) is 12.9. The van der Waals surface area contributed by atoms with Crippen LogP contribution in [0.4, 0.5) is 5.82 Å². The molecule has 0 unspecified atom stereocenters. The van der Waals surface area contributed by atoms with Crippen molar-refractivity contribution in [3.05, 3.63) is 23.9 Å². The Hall–Kier alpha value is -1.58. The summed E-state index contributed by atoms with van der Waals surface area (Å²) in [6, 6.07) is 3.31. The van der Waals surface area contributed by atoms with Gasteiger partial charge in [-0.25, -0.2) is 4.98 Å². The Kier molecular flexibility index (Phi) is 3.84. The molecule has 4 nitrogen and oxygen atoms in total. The summed E-state index contributed by atoms with van der Waals surface area (Å²) in [6.45, 7) is 2.98. The number of hydrogen-bond acceptors (Lipinski definition) is 3. The number of nitrogens with zero attached hydrogens (tertiary/aromatic N) is 1. The maximum absolute atomic E-state index is 12.0. The predicted molar refractivity (Wildman–Crippen MR) is 72.2 cm³/mol. The fraction of sp³-hybridized carbons (Fsp3) is 0.571. The van der Waals surface area contributed by atoms with Crippen LogP contribution in [-0.4, -0.2) is 17.4 Å². The molecule has 1 saturated carbocycles. The number of hydrogen-bond donors (Lipinski definition) is 2. The molecule has 1 aromatic heterocycles. The summed E-state index contributed by atoms with van der Waals surface area (Å²) in [6.07, 6.45) is 7.71. The molecule has 3 N–H and O–H groups in total. The fourth-order valence-corrected chi connectivity index (χ4v) is 2.74. The van der Waals surface area contributed by atoms with Gasteiger partial charge < -0.3 is 11.1 Å². The van der Waals surface area contributed by atoms with Crippen LogP contribution in [0.1, 0.15) is 49.4 Å². The molecule has 0 radical (unpaired) electrons. The van der Waals surface area contributed by atoms with Crippen LogP contribution in [-0.2, 0) is 0 Å². The van der Waals surface area contributed by atoms with Crippen molar-refractivity contribution >= 4 is 11.7 Å². The van der Waals surface area contributed by atoms with E-state index in [0.717, 1.165) is 13.0 Å². The Morgan fingerprint density at radius 1 is 1.50 bits per heavy atom. The van der Waals surface area contributed by atoms with E-state index in [0.29, 0.717) is 16.8 Å². The average molecular weight is 247 g/mol. The summed E-state index contributed by atoms with van der Waals surface area (Å²) in [5.74, 6) is 0.331. The zero-order valence-corrected chi connectivity index (χ0v) is 10.9. The van der Waals surface area contributed by atoms with Gasteiger partial charge in [0.05, 0.1) is 0 Å². The van der Waals surface area contributed by atoms with Crippen LogP contribution < -0.4 is 11.1 Å². The van der Waals surface area contributed by atoms with Gasteiger partial charge in [-0.2, -0.15) is 0 Å². The Balaban J connectivity index is 1.96. The van der Waals surface area contributed by atoms with Gasteiger partial charge >= 0.3 is 0 Å². The fourth-order valence-electron chi connectivity index (χ4n) is 2.74. The maximum Gasteiger partial charge on any atom is 0.251 e. The van der Waals surface area contributed by atoms with E-state index in [4.69, 9.17) is 5.73 Å². The topological polar surface area (TPSA) is 68.0 Å². The van der Waals surface area contributed by atoms with Crippen molar-refractivity contribution in [2.75, 3.05) is 12.3 Å². The number of carbonyl (C=O) groups is 1. The molecule has 1 aliphatic rings. The van der Waals surface area contributed by atoms with Gasteiger partial charge in [0, 0.05) is 18.3 Å². The zero-order chi connectivity index (χ0) is 13.0. The maximum atomic E-state index is 12.0. The monoisotopic (exact) mass is 247 g/mol. The molecule has 1 fully saturated rings. The number of aromatic nitrogens is 1.